The molecule has 5 heteroatoms. The third kappa shape index (κ3) is 4.47. The smallest absolute Gasteiger partial charge is 0.305 e. The topological polar surface area (TPSA) is 66.8 Å². The Kier molecular flexibility index (Phi) is 5.06. The Hall–Kier alpha value is -1.10. The van der Waals surface area contributed by atoms with E-state index in [1.165, 1.54) is 12.0 Å². The summed E-state index contributed by atoms with van der Waals surface area (Å²) in [5.74, 6) is -1.12. The van der Waals surface area contributed by atoms with Gasteiger partial charge in [0.2, 0.25) is 0 Å². The summed E-state index contributed by atoms with van der Waals surface area (Å²) in [5.41, 5.74) is 0. The van der Waals surface area contributed by atoms with E-state index in [1.807, 2.05) is 0 Å². The second-order valence-electron chi connectivity index (χ2n) is 2.78. The zero-order chi connectivity index (χ0) is 10.4. The molecule has 1 N–H and O–H groups in total. The van der Waals surface area contributed by atoms with Crippen molar-refractivity contribution in [2.24, 2.45) is 0 Å². The Morgan fingerprint density at radius 3 is 2.46 bits per heavy atom. The van der Waals surface area contributed by atoms with Crippen LogP contribution in [0.25, 0.3) is 0 Å². The molecule has 0 radical (unpaired) electrons. The number of carboxylic acid groups (broad SMARTS) is 1. The molecule has 1 unspecified atom stereocenters. The molecule has 0 aliphatic rings. The van der Waals surface area contributed by atoms with Gasteiger partial charge in [0.25, 0.3) is 5.91 Å². The maximum absolute atomic E-state index is 11.3. The van der Waals surface area contributed by atoms with Crippen molar-refractivity contribution < 1.29 is 19.4 Å². The molecule has 0 bridgehead atoms. The molecule has 5 nitrogen and oxygen atoms in total. The van der Waals surface area contributed by atoms with E-state index in [1.54, 1.807) is 14.0 Å². The molecular formula is C8H15NO4. The quantitative estimate of drug-likeness (QED) is 0.658. The monoisotopic (exact) mass is 189 g/mol. The van der Waals surface area contributed by atoms with Crippen LogP contribution in [0.15, 0.2) is 0 Å². The van der Waals surface area contributed by atoms with Crippen LogP contribution in [0.4, 0.5) is 0 Å². The van der Waals surface area contributed by atoms with Gasteiger partial charge in [-0.3, -0.25) is 9.59 Å². The van der Waals surface area contributed by atoms with E-state index in [-0.39, 0.29) is 18.9 Å². The van der Waals surface area contributed by atoms with Gasteiger partial charge in [-0.1, -0.05) is 0 Å². The first kappa shape index (κ1) is 11.9. The highest BCUT2D eigenvalue weighted by atomic mass is 16.5. The van der Waals surface area contributed by atoms with Crippen LogP contribution < -0.4 is 0 Å². The van der Waals surface area contributed by atoms with Crippen molar-refractivity contribution >= 4 is 11.9 Å². The maximum Gasteiger partial charge on any atom is 0.305 e. The normalized spacial score (nSPS) is 12.2. The molecule has 0 aromatic heterocycles. The largest absolute Gasteiger partial charge is 0.481 e. The van der Waals surface area contributed by atoms with Crippen LogP contribution in [-0.2, 0) is 14.3 Å². The molecule has 0 aromatic carbocycles. The van der Waals surface area contributed by atoms with Crippen molar-refractivity contribution in [3.05, 3.63) is 0 Å². The Balaban J connectivity index is 3.89. The van der Waals surface area contributed by atoms with Gasteiger partial charge in [-0.25, -0.2) is 0 Å². The van der Waals surface area contributed by atoms with Gasteiger partial charge in [-0.05, 0) is 6.92 Å². The Morgan fingerprint density at radius 1 is 1.54 bits per heavy atom. The molecule has 0 fully saturated rings. The second kappa shape index (κ2) is 5.53. The van der Waals surface area contributed by atoms with E-state index in [9.17, 15) is 9.59 Å². The van der Waals surface area contributed by atoms with Crippen LogP contribution in [0.1, 0.15) is 13.3 Å². The molecule has 76 valence electrons. The Labute approximate surface area is 77.3 Å². The van der Waals surface area contributed by atoms with Gasteiger partial charge < -0.3 is 14.7 Å². The number of nitrogens with zero attached hydrogens (tertiary/aromatic N) is 1. The minimum atomic E-state index is -0.912. The fourth-order valence-electron chi connectivity index (χ4n) is 0.785. The number of carbonyl (C=O) groups is 2. The number of aliphatic carboxylic acids is 1. The van der Waals surface area contributed by atoms with Crippen molar-refractivity contribution in [1.29, 1.82) is 0 Å². The highest BCUT2D eigenvalue weighted by molar-refractivity contribution is 5.80. The van der Waals surface area contributed by atoms with E-state index in [0.29, 0.717) is 0 Å². The summed E-state index contributed by atoms with van der Waals surface area (Å²) in [4.78, 5) is 22.8. The molecule has 0 rings (SSSR count). The molecule has 0 spiro atoms. The molecule has 0 saturated heterocycles. The molecule has 1 amide bonds. The number of carbonyl (C=O) groups excluding carboxylic acids is 1. The lowest BCUT2D eigenvalue weighted by Gasteiger charge is -2.19. The lowest BCUT2D eigenvalue weighted by Crippen LogP contribution is -2.36. The molecule has 0 heterocycles. The summed E-state index contributed by atoms with van der Waals surface area (Å²) in [6, 6.07) is 0. The van der Waals surface area contributed by atoms with E-state index >= 15 is 0 Å². The SMILES string of the molecule is COC(C)C(=O)N(C)CCC(=O)O. The first-order chi connectivity index (χ1) is 5.99. The Bertz CT molecular complexity index is 193. The predicted molar refractivity (Wildman–Crippen MR) is 46.4 cm³/mol. The number of carboxylic acids is 1. The summed E-state index contributed by atoms with van der Waals surface area (Å²) in [5, 5.41) is 8.37. The minimum absolute atomic E-state index is 0.0430. The Morgan fingerprint density at radius 2 is 2.08 bits per heavy atom. The fourth-order valence-corrected chi connectivity index (χ4v) is 0.785. The zero-order valence-electron chi connectivity index (χ0n) is 8.11. The van der Waals surface area contributed by atoms with Gasteiger partial charge in [-0.15, -0.1) is 0 Å². The highest BCUT2D eigenvalue weighted by Crippen LogP contribution is 1.96. The van der Waals surface area contributed by atoms with Crippen molar-refractivity contribution in [2.75, 3.05) is 20.7 Å². The first-order valence-electron chi connectivity index (χ1n) is 3.98. The van der Waals surface area contributed by atoms with Crippen LogP contribution in [-0.4, -0.2) is 48.7 Å². The average Bonchev–Trinajstić information content (AvgIpc) is 2.11. The molecule has 0 saturated carbocycles. The molecule has 13 heavy (non-hydrogen) atoms. The lowest BCUT2D eigenvalue weighted by molar-refractivity contribution is -0.141. The van der Waals surface area contributed by atoms with Crippen molar-refractivity contribution in [2.45, 2.75) is 19.4 Å². The number of rotatable bonds is 5. The molecular weight excluding hydrogens is 174 g/mol. The van der Waals surface area contributed by atoms with Crippen LogP contribution >= 0.6 is 0 Å². The first-order valence-corrected chi connectivity index (χ1v) is 3.98. The number of hydrogen-bond donors (Lipinski definition) is 1. The van der Waals surface area contributed by atoms with Crippen LogP contribution in [0.3, 0.4) is 0 Å². The van der Waals surface area contributed by atoms with E-state index < -0.39 is 12.1 Å². The fraction of sp³-hybridized carbons (Fsp3) is 0.750. The van der Waals surface area contributed by atoms with Crippen molar-refractivity contribution in [1.82, 2.24) is 4.90 Å². The van der Waals surface area contributed by atoms with E-state index in [0.717, 1.165) is 0 Å². The summed E-state index contributed by atoms with van der Waals surface area (Å²) in [6.45, 7) is 1.83. The van der Waals surface area contributed by atoms with Gasteiger partial charge in [-0.2, -0.15) is 0 Å². The number of methoxy groups -OCH3 is 1. The van der Waals surface area contributed by atoms with Gasteiger partial charge in [0.1, 0.15) is 6.10 Å². The molecule has 0 aliphatic carbocycles. The number of ether oxygens (including phenoxy) is 1. The van der Waals surface area contributed by atoms with E-state index in [4.69, 9.17) is 9.84 Å². The summed E-state index contributed by atoms with van der Waals surface area (Å²) in [7, 11) is 2.99. The highest BCUT2D eigenvalue weighted by Gasteiger charge is 2.16. The van der Waals surface area contributed by atoms with Gasteiger partial charge in [0.15, 0.2) is 0 Å². The summed E-state index contributed by atoms with van der Waals surface area (Å²) < 4.78 is 4.80. The van der Waals surface area contributed by atoms with Crippen LogP contribution in [0.2, 0.25) is 0 Å². The maximum atomic E-state index is 11.3. The van der Waals surface area contributed by atoms with Crippen LogP contribution in [0, 0.1) is 0 Å². The molecule has 0 aliphatic heterocycles. The number of amides is 1. The number of hydrogen-bond acceptors (Lipinski definition) is 3. The minimum Gasteiger partial charge on any atom is -0.481 e. The standard InChI is InChI=1S/C8H15NO4/c1-6(13-3)8(12)9(2)5-4-7(10)11/h6H,4-5H2,1-3H3,(H,10,11). The third-order valence-corrected chi connectivity index (χ3v) is 1.74. The lowest BCUT2D eigenvalue weighted by atomic mass is 10.3. The van der Waals surface area contributed by atoms with Gasteiger partial charge in [0, 0.05) is 20.7 Å². The van der Waals surface area contributed by atoms with E-state index in [2.05, 4.69) is 0 Å². The second-order valence-corrected chi connectivity index (χ2v) is 2.78. The summed E-state index contributed by atoms with van der Waals surface area (Å²) in [6.07, 6.45) is -0.558. The van der Waals surface area contributed by atoms with Gasteiger partial charge in [0.05, 0.1) is 6.42 Å². The van der Waals surface area contributed by atoms with Crippen LogP contribution in [0.5, 0.6) is 0 Å². The third-order valence-electron chi connectivity index (χ3n) is 1.74. The van der Waals surface area contributed by atoms with Gasteiger partial charge >= 0.3 is 5.97 Å². The zero-order valence-corrected chi connectivity index (χ0v) is 8.11. The summed E-state index contributed by atoms with van der Waals surface area (Å²) >= 11 is 0. The van der Waals surface area contributed by atoms with Crippen molar-refractivity contribution in [3.63, 3.8) is 0 Å². The number of likely N-dealkylation sites (N-methyl/N-ethyl adjacent to an activating group) is 1. The molecule has 0 aromatic rings. The predicted octanol–water partition coefficient (Wildman–Crippen LogP) is -0.0456. The molecule has 1 atom stereocenters. The van der Waals surface area contributed by atoms with Crippen molar-refractivity contribution in [3.8, 4) is 0 Å². The average molecular weight is 189 g/mol.